The van der Waals surface area contributed by atoms with Crippen LogP contribution in [0.15, 0.2) is 36.4 Å². The average molecular weight is 326 g/mol. The molecule has 0 spiro atoms. The Kier molecular flexibility index (Phi) is 6.73. The molecule has 1 aromatic heterocycles. The zero-order chi connectivity index (χ0) is 17.4. The van der Waals surface area contributed by atoms with Crippen LogP contribution in [0.1, 0.15) is 49.7 Å². The minimum atomic E-state index is -0.240. The predicted molar refractivity (Wildman–Crippen MR) is 98.6 cm³/mol. The van der Waals surface area contributed by atoms with E-state index in [9.17, 15) is 4.79 Å². The molecule has 5 nitrogen and oxygen atoms in total. The van der Waals surface area contributed by atoms with E-state index >= 15 is 0 Å². The van der Waals surface area contributed by atoms with Crippen molar-refractivity contribution in [2.45, 2.75) is 40.0 Å². The van der Waals surface area contributed by atoms with Crippen molar-refractivity contribution < 1.29 is 4.79 Å². The van der Waals surface area contributed by atoms with Gasteiger partial charge in [-0.05, 0) is 49.1 Å². The van der Waals surface area contributed by atoms with E-state index in [-0.39, 0.29) is 5.91 Å². The molecule has 0 atom stereocenters. The number of aryl methyl sites for hydroxylation is 1. The molecule has 1 heterocycles. The first-order valence-electron chi connectivity index (χ1n) is 8.66. The van der Waals surface area contributed by atoms with Gasteiger partial charge in [0.15, 0.2) is 11.5 Å². The normalized spacial score (nSPS) is 10.5. The van der Waals surface area contributed by atoms with Crippen molar-refractivity contribution in [2.24, 2.45) is 0 Å². The van der Waals surface area contributed by atoms with Crippen molar-refractivity contribution in [1.82, 2.24) is 10.2 Å². The van der Waals surface area contributed by atoms with Crippen LogP contribution >= 0.6 is 0 Å². The van der Waals surface area contributed by atoms with Gasteiger partial charge in [-0.3, -0.25) is 4.79 Å². The number of nitrogens with zero attached hydrogens (tertiary/aromatic N) is 3. The zero-order valence-corrected chi connectivity index (χ0v) is 14.7. The highest BCUT2D eigenvalue weighted by atomic mass is 16.1. The molecule has 1 aromatic carbocycles. The Morgan fingerprint density at radius 1 is 0.958 bits per heavy atom. The minimum Gasteiger partial charge on any atom is -0.355 e. The van der Waals surface area contributed by atoms with Crippen LogP contribution in [-0.2, 0) is 6.42 Å². The Labute approximate surface area is 144 Å². The lowest BCUT2D eigenvalue weighted by molar-refractivity contribution is 0.102. The Hall–Kier alpha value is -2.43. The summed E-state index contributed by atoms with van der Waals surface area (Å²) in [5.74, 6) is 0.582. The summed E-state index contributed by atoms with van der Waals surface area (Å²) in [5.41, 5.74) is 2.33. The third kappa shape index (κ3) is 4.78. The van der Waals surface area contributed by atoms with E-state index in [0.29, 0.717) is 5.69 Å². The second-order valence-electron chi connectivity index (χ2n) is 5.77. The number of carbonyl (C=O) groups is 1. The van der Waals surface area contributed by atoms with Gasteiger partial charge in [-0.15, -0.1) is 10.2 Å². The first-order valence-corrected chi connectivity index (χ1v) is 8.66. The summed E-state index contributed by atoms with van der Waals surface area (Å²) in [6.07, 6.45) is 3.09. The zero-order valence-electron chi connectivity index (χ0n) is 14.7. The number of hydrogen-bond acceptors (Lipinski definition) is 4. The molecule has 24 heavy (non-hydrogen) atoms. The molecule has 0 fully saturated rings. The van der Waals surface area contributed by atoms with E-state index in [1.165, 1.54) is 5.56 Å². The summed E-state index contributed by atoms with van der Waals surface area (Å²) >= 11 is 0. The van der Waals surface area contributed by atoms with Crippen LogP contribution in [0.2, 0.25) is 0 Å². The lowest BCUT2D eigenvalue weighted by Crippen LogP contribution is -2.26. The highest BCUT2D eigenvalue weighted by Crippen LogP contribution is 2.13. The number of anilines is 2. The summed E-state index contributed by atoms with van der Waals surface area (Å²) < 4.78 is 0. The van der Waals surface area contributed by atoms with E-state index in [2.05, 4.69) is 41.2 Å². The lowest BCUT2D eigenvalue weighted by atomic mass is 10.1. The van der Waals surface area contributed by atoms with Crippen molar-refractivity contribution in [1.29, 1.82) is 0 Å². The molecule has 0 aliphatic heterocycles. The molecule has 0 unspecified atom stereocenters. The van der Waals surface area contributed by atoms with E-state index < -0.39 is 0 Å². The Morgan fingerprint density at radius 3 is 2.12 bits per heavy atom. The fourth-order valence-electron chi connectivity index (χ4n) is 2.51. The van der Waals surface area contributed by atoms with E-state index in [4.69, 9.17) is 0 Å². The smallest absolute Gasteiger partial charge is 0.276 e. The number of nitrogens with one attached hydrogen (secondary N) is 1. The van der Waals surface area contributed by atoms with Crippen LogP contribution in [0.25, 0.3) is 0 Å². The summed E-state index contributed by atoms with van der Waals surface area (Å²) in [4.78, 5) is 14.5. The van der Waals surface area contributed by atoms with Crippen LogP contribution in [0.5, 0.6) is 0 Å². The standard InChI is InChI=1S/C19H26N4O/c1-4-13-23(14-5-2)18-12-11-17(21-22-18)19(24)20-16-9-7-15(6-3)8-10-16/h7-12H,4-6,13-14H2,1-3H3,(H,20,24). The van der Waals surface area contributed by atoms with Gasteiger partial charge < -0.3 is 10.2 Å². The molecule has 0 bridgehead atoms. The Balaban J connectivity index is 2.04. The van der Waals surface area contributed by atoms with Gasteiger partial charge in [0.2, 0.25) is 0 Å². The molecule has 1 amide bonds. The fraction of sp³-hybridized carbons (Fsp3) is 0.421. The summed E-state index contributed by atoms with van der Waals surface area (Å²) in [6, 6.07) is 11.4. The molecule has 0 aliphatic carbocycles. The van der Waals surface area contributed by atoms with E-state index in [1.54, 1.807) is 6.07 Å². The molecule has 0 radical (unpaired) electrons. The molecular formula is C19H26N4O. The van der Waals surface area contributed by atoms with Crippen LogP contribution in [0.4, 0.5) is 11.5 Å². The molecule has 5 heteroatoms. The second-order valence-corrected chi connectivity index (χ2v) is 5.77. The molecule has 128 valence electrons. The van der Waals surface area contributed by atoms with Crippen molar-refractivity contribution in [3.05, 3.63) is 47.7 Å². The topological polar surface area (TPSA) is 58.1 Å². The van der Waals surface area contributed by atoms with Gasteiger partial charge in [0.05, 0.1) is 0 Å². The van der Waals surface area contributed by atoms with Gasteiger partial charge in [-0.1, -0.05) is 32.9 Å². The first-order chi connectivity index (χ1) is 11.7. The van der Waals surface area contributed by atoms with Crippen molar-refractivity contribution in [3.63, 3.8) is 0 Å². The van der Waals surface area contributed by atoms with Gasteiger partial charge >= 0.3 is 0 Å². The third-order valence-corrected chi connectivity index (χ3v) is 3.81. The van der Waals surface area contributed by atoms with Gasteiger partial charge in [-0.25, -0.2) is 0 Å². The van der Waals surface area contributed by atoms with Crippen LogP contribution in [0.3, 0.4) is 0 Å². The maximum Gasteiger partial charge on any atom is 0.276 e. The average Bonchev–Trinajstić information content (AvgIpc) is 2.62. The Morgan fingerprint density at radius 2 is 1.62 bits per heavy atom. The molecule has 0 aliphatic rings. The quantitative estimate of drug-likeness (QED) is 0.799. The van der Waals surface area contributed by atoms with Crippen molar-refractivity contribution in [2.75, 3.05) is 23.3 Å². The molecular weight excluding hydrogens is 300 g/mol. The monoisotopic (exact) mass is 326 g/mol. The van der Waals surface area contributed by atoms with Gasteiger partial charge in [-0.2, -0.15) is 0 Å². The molecule has 2 rings (SSSR count). The van der Waals surface area contributed by atoms with Crippen molar-refractivity contribution >= 4 is 17.4 Å². The van der Waals surface area contributed by atoms with Crippen LogP contribution in [0, 0.1) is 0 Å². The van der Waals surface area contributed by atoms with Crippen molar-refractivity contribution in [3.8, 4) is 0 Å². The van der Waals surface area contributed by atoms with Gasteiger partial charge in [0.1, 0.15) is 0 Å². The predicted octanol–water partition coefficient (Wildman–Crippen LogP) is 3.92. The summed E-state index contributed by atoms with van der Waals surface area (Å²) in [7, 11) is 0. The van der Waals surface area contributed by atoms with E-state index in [1.807, 2.05) is 30.3 Å². The Bertz CT molecular complexity index is 631. The highest BCUT2D eigenvalue weighted by Gasteiger charge is 2.11. The molecule has 2 aromatic rings. The maximum atomic E-state index is 12.3. The summed E-state index contributed by atoms with van der Waals surface area (Å²) in [6.45, 7) is 8.27. The lowest BCUT2D eigenvalue weighted by Gasteiger charge is -2.21. The number of hydrogen-bond donors (Lipinski definition) is 1. The van der Waals surface area contributed by atoms with Gasteiger partial charge in [0.25, 0.3) is 5.91 Å². The second kappa shape index (κ2) is 9.01. The van der Waals surface area contributed by atoms with Crippen LogP contribution < -0.4 is 10.2 Å². The third-order valence-electron chi connectivity index (χ3n) is 3.81. The largest absolute Gasteiger partial charge is 0.355 e. The number of rotatable bonds is 8. The minimum absolute atomic E-state index is 0.240. The summed E-state index contributed by atoms with van der Waals surface area (Å²) in [5, 5.41) is 11.2. The molecule has 0 saturated heterocycles. The number of aromatic nitrogens is 2. The SMILES string of the molecule is CCCN(CCC)c1ccc(C(=O)Nc2ccc(CC)cc2)nn1. The number of benzene rings is 1. The van der Waals surface area contributed by atoms with E-state index in [0.717, 1.165) is 43.9 Å². The fourth-order valence-corrected chi connectivity index (χ4v) is 2.51. The van der Waals surface area contributed by atoms with Gasteiger partial charge in [0, 0.05) is 18.8 Å². The number of carbonyl (C=O) groups excluding carboxylic acids is 1. The number of amides is 1. The van der Waals surface area contributed by atoms with Crippen LogP contribution in [-0.4, -0.2) is 29.2 Å². The first kappa shape index (κ1) is 17.9. The highest BCUT2D eigenvalue weighted by molar-refractivity contribution is 6.02. The molecule has 0 saturated carbocycles. The molecule has 1 N–H and O–H groups in total. The maximum absolute atomic E-state index is 12.3.